The predicted octanol–water partition coefficient (Wildman–Crippen LogP) is 5.15. The first-order valence-corrected chi connectivity index (χ1v) is 7.00. The second-order valence-electron chi connectivity index (χ2n) is 4.51. The zero-order chi connectivity index (χ0) is 13.9. The van der Waals surface area contributed by atoms with Gasteiger partial charge in [0.15, 0.2) is 0 Å². The maximum absolute atomic E-state index is 6.15. The van der Waals surface area contributed by atoms with Crippen LogP contribution in [0.1, 0.15) is 5.56 Å². The average molecular weight is 303 g/mol. The van der Waals surface area contributed by atoms with Gasteiger partial charge in [0, 0.05) is 24.3 Å². The SMILES string of the molecule is Clc1cccc(NCc2ccc3cnccc3c2)c1Cl. The third-order valence-corrected chi connectivity index (χ3v) is 3.96. The maximum atomic E-state index is 6.15. The highest BCUT2D eigenvalue weighted by Crippen LogP contribution is 2.29. The zero-order valence-corrected chi connectivity index (χ0v) is 12.1. The van der Waals surface area contributed by atoms with Gasteiger partial charge in [-0.25, -0.2) is 0 Å². The van der Waals surface area contributed by atoms with Gasteiger partial charge in [0.05, 0.1) is 15.7 Å². The van der Waals surface area contributed by atoms with Crippen molar-refractivity contribution in [1.82, 2.24) is 4.98 Å². The van der Waals surface area contributed by atoms with Gasteiger partial charge in [-0.3, -0.25) is 4.98 Å². The number of fused-ring (bicyclic) bond motifs is 1. The summed E-state index contributed by atoms with van der Waals surface area (Å²) >= 11 is 12.1. The second-order valence-corrected chi connectivity index (χ2v) is 5.30. The molecule has 2 aromatic carbocycles. The van der Waals surface area contributed by atoms with E-state index in [1.807, 2.05) is 24.4 Å². The van der Waals surface area contributed by atoms with Crippen molar-refractivity contribution in [2.24, 2.45) is 0 Å². The van der Waals surface area contributed by atoms with Crippen molar-refractivity contribution in [2.75, 3.05) is 5.32 Å². The minimum Gasteiger partial charge on any atom is -0.380 e. The Balaban J connectivity index is 1.81. The molecule has 2 nitrogen and oxygen atoms in total. The van der Waals surface area contributed by atoms with Gasteiger partial charge in [-0.1, -0.05) is 41.4 Å². The Hall–Kier alpha value is -1.77. The maximum Gasteiger partial charge on any atom is 0.0823 e. The first kappa shape index (κ1) is 13.2. The van der Waals surface area contributed by atoms with E-state index in [1.54, 1.807) is 12.3 Å². The Bertz CT molecular complexity index is 756. The van der Waals surface area contributed by atoms with Crippen molar-refractivity contribution in [2.45, 2.75) is 6.54 Å². The molecule has 4 heteroatoms. The number of pyridine rings is 1. The molecule has 0 amide bonds. The summed E-state index contributed by atoms with van der Waals surface area (Å²) < 4.78 is 0. The van der Waals surface area contributed by atoms with E-state index < -0.39 is 0 Å². The van der Waals surface area contributed by atoms with Gasteiger partial charge >= 0.3 is 0 Å². The number of nitrogens with zero attached hydrogens (tertiary/aromatic N) is 1. The summed E-state index contributed by atoms with van der Waals surface area (Å²) in [5, 5.41) is 6.73. The summed E-state index contributed by atoms with van der Waals surface area (Å²) in [5.41, 5.74) is 2.02. The lowest BCUT2D eigenvalue weighted by molar-refractivity contribution is 1.15. The lowest BCUT2D eigenvalue weighted by atomic mass is 10.1. The molecule has 0 radical (unpaired) electrons. The lowest BCUT2D eigenvalue weighted by Gasteiger charge is -2.10. The number of hydrogen-bond acceptors (Lipinski definition) is 2. The molecule has 1 N–H and O–H groups in total. The lowest BCUT2D eigenvalue weighted by Crippen LogP contribution is -2.00. The van der Waals surface area contributed by atoms with Crippen LogP contribution in [0.15, 0.2) is 54.9 Å². The van der Waals surface area contributed by atoms with Crippen molar-refractivity contribution >= 4 is 39.7 Å². The molecular weight excluding hydrogens is 291 g/mol. The molecule has 1 heterocycles. The van der Waals surface area contributed by atoms with Gasteiger partial charge < -0.3 is 5.32 Å². The molecule has 0 aliphatic rings. The molecular formula is C16H12Cl2N2. The molecule has 0 aliphatic carbocycles. The molecule has 0 saturated carbocycles. The largest absolute Gasteiger partial charge is 0.380 e. The topological polar surface area (TPSA) is 24.9 Å². The summed E-state index contributed by atoms with van der Waals surface area (Å²) in [7, 11) is 0. The third kappa shape index (κ3) is 2.72. The first-order chi connectivity index (χ1) is 9.74. The van der Waals surface area contributed by atoms with E-state index in [2.05, 4.69) is 28.5 Å². The van der Waals surface area contributed by atoms with Gasteiger partial charge in [0.2, 0.25) is 0 Å². The molecule has 0 fully saturated rings. The van der Waals surface area contributed by atoms with Gasteiger partial charge in [-0.15, -0.1) is 0 Å². The van der Waals surface area contributed by atoms with Crippen LogP contribution < -0.4 is 5.32 Å². The van der Waals surface area contributed by atoms with Crippen LogP contribution in [0.5, 0.6) is 0 Å². The van der Waals surface area contributed by atoms with Crippen LogP contribution in [0.25, 0.3) is 10.8 Å². The molecule has 20 heavy (non-hydrogen) atoms. The number of nitrogens with one attached hydrogen (secondary N) is 1. The average Bonchev–Trinajstić information content (AvgIpc) is 2.48. The van der Waals surface area contributed by atoms with Crippen LogP contribution in [0.3, 0.4) is 0 Å². The molecule has 0 unspecified atom stereocenters. The summed E-state index contributed by atoms with van der Waals surface area (Å²) in [6.07, 6.45) is 3.66. The Morgan fingerprint density at radius 1 is 1.00 bits per heavy atom. The molecule has 3 aromatic rings. The van der Waals surface area contributed by atoms with Crippen LogP contribution in [0, 0.1) is 0 Å². The van der Waals surface area contributed by atoms with Crippen molar-refractivity contribution in [3.63, 3.8) is 0 Å². The molecule has 0 atom stereocenters. The number of halogens is 2. The highest BCUT2D eigenvalue weighted by atomic mass is 35.5. The highest BCUT2D eigenvalue weighted by molar-refractivity contribution is 6.43. The quantitative estimate of drug-likeness (QED) is 0.723. The highest BCUT2D eigenvalue weighted by Gasteiger charge is 2.04. The minimum absolute atomic E-state index is 0.555. The summed E-state index contributed by atoms with van der Waals surface area (Å²) in [4.78, 5) is 4.11. The van der Waals surface area contributed by atoms with Crippen LogP contribution in [0.2, 0.25) is 10.0 Å². The van der Waals surface area contributed by atoms with Gasteiger partial charge in [0.25, 0.3) is 0 Å². The monoisotopic (exact) mass is 302 g/mol. The van der Waals surface area contributed by atoms with E-state index in [0.717, 1.165) is 11.1 Å². The van der Waals surface area contributed by atoms with Gasteiger partial charge in [0.1, 0.15) is 0 Å². The fourth-order valence-corrected chi connectivity index (χ4v) is 2.45. The molecule has 0 bridgehead atoms. The van der Waals surface area contributed by atoms with E-state index in [4.69, 9.17) is 23.2 Å². The summed E-state index contributed by atoms with van der Waals surface area (Å²) in [5.74, 6) is 0. The molecule has 100 valence electrons. The summed E-state index contributed by atoms with van der Waals surface area (Å²) in [6.45, 7) is 0.693. The van der Waals surface area contributed by atoms with E-state index in [9.17, 15) is 0 Å². The fraction of sp³-hybridized carbons (Fsp3) is 0.0625. The molecule has 1 aromatic heterocycles. The molecule has 0 spiro atoms. The molecule has 0 saturated heterocycles. The Labute approximate surface area is 127 Å². The van der Waals surface area contributed by atoms with Crippen molar-refractivity contribution in [3.05, 3.63) is 70.5 Å². The smallest absolute Gasteiger partial charge is 0.0823 e. The number of hydrogen-bond donors (Lipinski definition) is 1. The first-order valence-electron chi connectivity index (χ1n) is 6.24. The van der Waals surface area contributed by atoms with E-state index in [1.165, 1.54) is 10.9 Å². The van der Waals surface area contributed by atoms with Gasteiger partial charge in [-0.2, -0.15) is 0 Å². The van der Waals surface area contributed by atoms with Crippen LogP contribution >= 0.6 is 23.2 Å². The number of rotatable bonds is 3. The molecule has 0 aliphatic heterocycles. The molecule has 3 rings (SSSR count). The Morgan fingerprint density at radius 2 is 1.90 bits per heavy atom. The van der Waals surface area contributed by atoms with E-state index in [0.29, 0.717) is 16.6 Å². The van der Waals surface area contributed by atoms with Crippen molar-refractivity contribution < 1.29 is 0 Å². The number of benzene rings is 2. The zero-order valence-electron chi connectivity index (χ0n) is 10.6. The fourth-order valence-electron chi connectivity index (χ4n) is 2.08. The number of anilines is 1. The van der Waals surface area contributed by atoms with Crippen molar-refractivity contribution in [1.29, 1.82) is 0 Å². The van der Waals surface area contributed by atoms with Crippen LogP contribution in [-0.2, 0) is 6.54 Å². The predicted molar refractivity (Wildman–Crippen MR) is 85.5 cm³/mol. The van der Waals surface area contributed by atoms with Crippen LogP contribution in [0.4, 0.5) is 5.69 Å². The van der Waals surface area contributed by atoms with Crippen LogP contribution in [-0.4, -0.2) is 4.98 Å². The third-order valence-electron chi connectivity index (χ3n) is 3.14. The Kier molecular flexibility index (Phi) is 3.77. The second kappa shape index (κ2) is 5.70. The van der Waals surface area contributed by atoms with Gasteiger partial charge in [-0.05, 0) is 35.2 Å². The van der Waals surface area contributed by atoms with Crippen molar-refractivity contribution in [3.8, 4) is 0 Å². The summed E-state index contributed by atoms with van der Waals surface area (Å²) in [6, 6.07) is 13.9. The van der Waals surface area contributed by atoms with E-state index in [-0.39, 0.29) is 0 Å². The normalized spacial score (nSPS) is 10.7. The van der Waals surface area contributed by atoms with E-state index >= 15 is 0 Å². The minimum atomic E-state index is 0.555. The Morgan fingerprint density at radius 3 is 2.80 bits per heavy atom. The number of aromatic nitrogens is 1. The standard InChI is InChI=1S/C16H12Cl2N2/c17-14-2-1-3-15(16(14)18)20-9-11-4-5-13-10-19-7-6-12(13)8-11/h1-8,10,20H,9H2.